The van der Waals surface area contributed by atoms with Crippen LogP contribution in [0.15, 0.2) is 0 Å². The highest BCUT2D eigenvalue weighted by atomic mass is 16.5. The molecule has 0 aliphatic heterocycles. The SMILES string of the molecule is CCCOc1[nH]c(N)c2nc(C)c(C)nc12. The van der Waals surface area contributed by atoms with Crippen LogP contribution in [0.1, 0.15) is 24.7 Å². The summed E-state index contributed by atoms with van der Waals surface area (Å²) in [5.74, 6) is 1.13. The molecule has 2 aromatic heterocycles. The molecule has 0 radical (unpaired) electrons. The van der Waals surface area contributed by atoms with Gasteiger partial charge in [0.2, 0.25) is 5.88 Å². The number of nitrogens with zero attached hydrogens (tertiary/aromatic N) is 2. The Morgan fingerprint density at radius 1 is 1.19 bits per heavy atom. The van der Waals surface area contributed by atoms with Crippen molar-refractivity contribution in [1.82, 2.24) is 15.0 Å². The van der Waals surface area contributed by atoms with E-state index in [4.69, 9.17) is 10.5 Å². The quantitative estimate of drug-likeness (QED) is 0.828. The Morgan fingerprint density at radius 2 is 1.81 bits per heavy atom. The number of hydrogen-bond acceptors (Lipinski definition) is 4. The molecule has 0 aliphatic carbocycles. The van der Waals surface area contributed by atoms with E-state index in [1.54, 1.807) is 0 Å². The van der Waals surface area contributed by atoms with Crippen molar-refractivity contribution in [3.05, 3.63) is 11.4 Å². The van der Waals surface area contributed by atoms with Crippen molar-refractivity contribution in [2.24, 2.45) is 0 Å². The Balaban J connectivity index is 2.55. The number of aromatic amines is 1. The van der Waals surface area contributed by atoms with Gasteiger partial charge in [-0.25, -0.2) is 9.97 Å². The number of rotatable bonds is 3. The molecule has 0 atom stereocenters. The van der Waals surface area contributed by atoms with Crippen LogP contribution in [0, 0.1) is 13.8 Å². The molecule has 2 heterocycles. The third-order valence-corrected chi connectivity index (χ3v) is 2.48. The zero-order chi connectivity index (χ0) is 11.7. The van der Waals surface area contributed by atoms with E-state index < -0.39 is 0 Å². The smallest absolute Gasteiger partial charge is 0.221 e. The third kappa shape index (κ3) is 1.68. The Labute approximate surface area is 94.0 Å². The Kier molecular flexibility index (Phi) is 2.68. The normalized spacial score (nSPS) is 10.9. The van der Waals surface area contributed by atoms with Crippen LogP contribution in [0.3, 0.4) is 0 Å². The molecule has 16 heavy (non-hydrogen) atoms. The van der Waals surface area contributed by atoms with Gasteiger partial charge in [0.05, 0.1) is 18.0 Å². The minimum Gasteiger partial charge on any atom is -0.477 e. The van der Waals surface area contributed by atoms with Crippen molar-refractivity contribution < 1.29 is 4.74 Å². The minimum atomic E-state index is 0.511. The van der Waals surface area contributed by atoms with Gasteiger partial charge in [0.25, 0.3) is 0 Å². The predicted octanol–water partition coefficient (Wildman–Crippen LogP) is 1.95. The average Bonchev–Trinajstić information content (AvgIpc) is 2.54. The van der Waals surface area contributed by atoms with E-state index in [2.05, 4.69) is 21.9 Å². The lowest BCUT2D eigenvalue weighted by molar-refractivity contribution is 0.310. The van der Waals surface area contributed by atoms with E-state index in [0.29, 0.717) is 29.3 Å². The Morgan fingerprint density at radius 3 is 2.44 bits per heavy atom. The van der Waals surface area contributed by atoms with E-state index >= 15 is 0 Å². The number of aryl methyl sites for hydroxylation is 2. The summed E-state index contributed by atoms with van der Waals surface area (Å²) < 4.78 is 5.55. The Hall–Kier alpha value is -1.78. The maximum absolute atomic E-state index is 5.83. The number of hydrogen-bond donors (Lipinski definition) is 2. The van der Waals surface area contributed by atoms with E-state index in [1.807, 2.05) is 13.8 Å². The molecule has 2 rings (SSSR count). The van der Waals surface area contributed by atoms with E-state index in [0.717, 1.165) is 17.8 Å². The summed E-state index contributed by atoms with van der Waals surface area (Å²) in [6, 6.07) is 0. The molecular weight excluding hydrogens is 204 g/mol. The topological polar surface area (TPSA) is 76.8 Å². The lowest BCUT2D eigenvalue weighted by Crippen LogP contribution is -1.97. The second-order valence-electron chi connectivity index (χ2n) is 3.81. The number of nitrogens with one attached hydrogen (secondary N) is 1. The van der Waals surface area contributed by atoms with Gasteiger partial charge in [-0.2, -0.15) is 0 Å². The minimum absolute atomic E-state index is 0.511. The molecular formula is C11H16N4O. The second-order valence-corrected chi connectivity index (χ2v) is 3.81. The molecule has 0 unspecified atom stereocenters. The van der Waals surface area contributed by atoms with Crippen molar-refractivity contribution in [1.29, 1.82) is 0 Å². The van der Waals surface area contributed by atoms with Gasteiger partial charge in [-0.15, -0.1) is 0 Å². The number of aromatic nitrogens is 3. The first kappa shape index (κ1) is 10.7. The number of anilines is 1. The van der Waals surface area contributed by atoms with E-state index in [9.17, 15) is 0 Å². The molecule has 86 valence electrons. The number of nitrogen functional groups attached to an aromatic ring is 1. The first-order valence-corrected chi connectivity index (χ1v) is 5.38. The number of H-pyrrole nitrogens is 1. The lowest BCUT2D eigenvalue weighted by atomic mass is 10.3. The van der Waals surface area contributed by atoms with Gasteiger partial charge in [0.15, 0.2) is 5.52 Å². The molecule has 0 spiro atoms. The zero-order valence-corrected chi connectivity index (χ0v) is 9.79. The van der Waals surface area contributed by atoms with Crippen LogP contribution in [0.4, 0.5) is 5.82 Å². The molecule has 5 nitrogen and oxygen atoms in total. The largest absolute Gasteiger partial charge is 0.477 e. The highest BCUT2D eigenvalue weighted by Gasteiger charge is 2.13. The van der Waals surface area contributed by atoms with Crippen LogP contribution < -0.4 is 10.5 Å². The number of fused-ring (bicyclic) bond motifs is 1. The van der Waals surface area contributed by atoms with E-state index in [1.165, 1.54) is 0 Å². The summed E-state index contributed by atoms with van der Waals surface area (Å²) in [4.78, 5) is 11.8. The van der Waals surface area contributed by atoms with Crippen molar-refractivity contribution in [3.8, 4) is 5.88 Å². The summed E-state index contributed by atoms with van der Waals surface area (Å²) in [5.41, 5.74) is 9.02. The fourth-order valence-electron chi connectivity index (χ4n) is 1.50. The van der Waals surface area contributed by atoms with Crippen LogP contribution >= 0.6 is 0 Å². The van der Waals surface area contributed by atoms with Gasteiger partial charge < -0.3 is 15.5 Å². The maximum atomic E-state index is 5.83. The fraction of sp³-hybridized carbons (Fsp3) is 0.455. The first-order chi connectivity index (χ1) is 7.63. The van der Waals surface area contributed by atoms with Crippen LogP contribution in [0.2, 0.25) is 0 Å². The molecule has 2 aromatic rings. The highest BCUT2D eigenvalue weighted by molar-refractivity contribution is 5.90. The number of ether oxygens (including phenoxy) is 1. The maximum Gasteiger partial charge on any atom is 0.221 e. The molecule has 0 aliphatic rings. The second kappa shape index (κ2) is 4.00. The van der Waals surface area contributed by atoms with Gasteiger partial charge in [-0.1, -0.05) is 6.92 Å². The molecule has 3 N–H and O–H groups in total. The van der Waals surface area contributed by atoms with Crippen LogP contribution in [0.5, 0.6) is 5.88 Å². The zero-order valence-electron chi connectivity index (χ0n) is 9.79. The van der Waals surface area contributed by atoms with Crippen molar-refractivity contribution in [2.75, 3.05) is 12.3 Å². The average molecular weight is 220 g/mol. The predicted molar refractivity (Wildman–Crippen MR) is 63.6 cm³/mol. The summed E-state index contributed by atoms with van der Waals surface area (Å²) in [6.07, 6.45) is 0.943. The van der Waals surface area contributed by atoms with E-state index in [-0.39, 0.29) is 0 Å². The van der Waals surface area contributed by atoms with Crippen LogP contribution in [-0.4, -0.2) is 21.6 Å². The monoisotopic (exact) mass is 220 g/mol. The first-order valence-electron chi connectivity index (χ1n) is 5.38. The molecule has 0 saturated heterocycles. The highest BCUT2D eigenvalue weighted by Crippen LogP contribution is 2.27. The molecule has 0 fully saturated rings. The van der Waals surface area contributed by atoms with Crippen molar-refractivity contribution in [2.45, 2.75) is 27.2 Å². The van der Waals surface area contributed by atoms with Gasteiger partial charge >= 0.3 is 0 Å². The third-order valence-electron chi connectivity index (χ3n) is 2.48. The molecule has 0 aromatic carbocycles. The Bertz CT molecular complexity index is 518. The number of nitrogens with two attached hydrogens (primary N) is 1. The van der Waals surface area contributed by atoms with Gasteiger partial charge in [0, 0.05) is 0 Å². The van der Waals surface area contributed by atoms with Gasteiger partial charge in [-0.3, -0.25) is 0 Å². The van der Waals surface area contributed by atoms with Gasteiger partial charge in [-0.05, 0) is 20.3 Å². The molecule has 0 amide bonds. The molecule has 0 saturated carbocycles. The summed E-state index contributed by atoms with van der Waals surface area (Å²) in [5, 5.41) is 0. The summed E-state index contributed by atoms with van der Waals surface area (Å²) in [7, 11) is 0. The fourth-order valence-corrected chi connectivity index (χ4v) is 1.50. The van der Waals surface area contributed by atoms with Gasteiger partial charge in [0.1, 0.15) is 11.3 Å². The molecule has 0 bridgehead atoms. The van der Waals surface area contributed by atoms with Crippen LogP contribution in [0.25, 0.3) is 11.0 Å². The van der Waals surface area contributed by atoms with Crippen LogP contribution in [-0.2, 0) is 0 Å². The summed E-state index contributed by atoms with van der Waals surface area (Å²) in [6.45, 7) is 6.54. The lowest BCUT2D eigenvalue weighted by Gasteiger charge is -2.02. The van der Waals surface area contributed by atoms with Crippen molar-refractivity contribution in [3.63, 3.8) is 0 Å². The van der Waals surface area contributed by atoms with Crippen molar-refractivity contribution >= 4 is 16.9 Å². The summed E-state index contributed by atoms with van der Waals surface area (Å²) >= 11 is 0. The standard InChI is InChI=1S/C11H16N4O/c1-4-5-16-11-9-8(10(12)15-11)13-6(2)7(3)14-9/h15H,4-5,12H2,1-3H3. The molecule has 5 heteroatoms.